The minimum Gasteiger partial charge on any atom is -0.494 e. The molecule has 154 valence electrons. The second kappa shape index (κ2) is 8.36. The summed E-state index contributed by atoms with van der Waals surface area (Å²) in [5.41, 5.74) is 3.87. The van der Waals surface area contributed by atoms with Crippen LogP contribution in [0.25, 0.3) is 0 Å². The summed E-state index contributed by atoms with van der Waals surface area (Å²) in [5, 5.41) is 18.1. The van der Waals surface area contributed by atoms with Gasteiger partial charge in [0.25, 0.3) is 5.91 Å². The van der Waals surface area contributed by atoms with Crippen molar-refractivity contribution in [2.24, 2.45) is 0 Å². The number of anilines is 2. The van der Waals surface area contributed by atoms with Crippen LogP contribution in [0.1, 0.15) is 37.4 Å². The maximum atomic E-state index is 13.4. The van der Waals surface area contributed by atoms with Gasteiger partial charge in [0, 0.05) is 11.4 Å². The molecule has 1 unspecified atom stereocenters. The van der Waals surface area contributed by atoms with Gasteiger partial charge >= 0.3 is 0 Å². The predicted octanol–water partition coefficient (Wildman–Crippen LogP) is 3.70. The van der Waals surface area contributed by atoms with Crippen LogP contribution < -0.4 is 15.4 Å². The van der Waals surface area contributed by atoms with Crippen molar-refractivity contribution in [1.82, 2.24) is 20.2 Å². The molecule has 1 aliphatic heterocycles. The predicted molar refractivity (Wildman–Crippen MR) is 114 cm³/mol. The fraction of sp³-hybridized carbons (Fsp3) is 0.273. The number of tetrazole rings is 1. The normalized spacial score (nSPS) is 15.4. The topological polar surface area (TPSA) is 94.0 Å². The standard InChI is InChI=1S/C22H24N6O2/c1-4-12-30-17-10-7-9-16(13-17)20-19(15(3)23-22-25-26-27-28(20)22)21(29)24-18-11-6-5-8-14(18)2/h5-11,13,20H,4,12H2,1-3H3,(H,24,29)(H,23,25,27). The highest BCUT2D eigenvalue weighted by Crippen LogP contribution is 2.36. The number of aromatic nitrogens is 4. The third kappa shape index (κ3) is 3.76. The van der Waals surface area contributed by atoms with E-state index in [1.54, 1.807) is 4.68 Å². The first kappa shape index (κ1) is 19.6. The van der Waals surface area contributed by atoms with E-state index < -0.39 is 6.04 Å². The zero-order valence-electron chi connectivity index (χ0n) is 17.2. The molecular weight excluding hydrogens is 380 g/mol. The monoisotopic (exact) mass is 404 g/mol. The van der Waals surface area contributed by atoms with Gasteiger partial charge in [-0.15, -0.1) is 0 Å². The smallest absolute Gasteiger partial charge is 0.255 e. The Morgan fingerprint density at radius 3 is 2.83 bits per heavy atom. The summed E-state index contributed by atoms with van der Waals surface area (Å²) in [6.07, 6.45) is 0.914. The van der Waals surface area contributed by atoms with E-state index in [4.69, 9.17) is 4.74 Å². The number of amides is 1. The summed E-state index contributed by atoms with van der Waals surface area (Å²) in [4.78, 5) is 13.4. The Labute approximate surface area is 174 Å². The van der Waals surface area contributed by atoms with Gasteiger partial charge in [0.15, 0.2) is 0 Å². The molecule has 0 fully saturated rings. The first-order valence-electron chi connectivity index (χ1n) is 9.94. The van der Waals surface area contributed by atoms with Gasteiger partial charge < -0.3 is 15.4 Å². The van der Waals surface area contributed by atoms with Gasteiger partial charge in [-0.3, -0.25) is 4.79 Å². The van der Waals surface area contributed by atoms with Crippen molar-refractivity contribution in [3.63, 3.8) is 0 Å². The largest absolute Gasteiger partial charge is 0.494 e. The molecule has 3 aromatic rings. The molecule has 8 heteroatoms. The molecule has 2 aromatic carbocycles. The lowest BCUT2D eigenvalue weighted by atomic mass is 9.94. The van der Waals surface area contributed by atoms with Crippen LogP contribution >= 0.6 is 0 Å². The van der Waals surface area contributed by atoms with Gasteiger partial charge in [0.2, 0.25) is 5.95 Å². The Morgan fingerprint density at radius 2 is 2.03 bits per heavy atom. The lowest BCUT2D eigenvalue weighted by Gasteiger charge is -2.28. The second-order valence-electron chi connectivity index (χ2n) is 7.20. The molecule has 0 saturated carbocycles. The molecule has 0 saturated heterocycles. The maximum Gasteiger partial charge on any atom is 0.255 e. The van der Waals surface area contributed by atoms with Crippen LogP contribution in [-0.2, 0) is 4.79 Å². The number of rotatable bonds is 6. The number of hydrogen-bond donors (Lipinski definition) is 2. The number of fused-ring (bicyclic) bond motifs is 1. The van der Waals surface area contributed by atoms with Crippen molar-refractivity contribution in [3.05, 3.63) is 70.9 Å². The summed E-state index contributed by atoms with van der Waals surface area (Å²) < 4.78 is 7.42. The first-order valence-corrected chi connectivity index (χ1v) is 9.94. The molecule has 1 aromatic heterocycles. The fourth-order valence-electron chi connectivity index (χ4n) is 3.51. The SMILES string of the molecule is CCCOc1cccc(C2C(C(=O)Nc3ccccc3C)=C(C)Nc3nnnn32)c1. The number of nitrogens with one attached hydrogen (secondary N) is 2. The van der Waals surface area contributed by atoms with E-state index in [1.165, 1.54) is 0 Å². The van der Waals surface area contributed by atoms with E-state index in [9.17, 15) is 4.79 Å². The zero-order valence-corrected chi connectivity index (χ0v) is 17.2. The van der Waals surface area contributed by atoms with Gasteiger partial charge in [0.1, 0.15) is 11.8 Å². The third-order valence-electron chi connectivity index (χ3n) is 5.00. The van der Waals surface area contributed by atoms with Gasteiger partial charge in [-0.25, -0.2) is 0 Å². The molecular formula is C22H24N6O2. The number of carbonyl (C=O) groups excluding carboxylic acids is 1. The molecule has 1 aliphatic rings. The minimum absolute atomic E-state index is 0.208. The van der Waals surface area contributed by atoms with Crippen molar-refractivity contribution in [2.75, 3.05) is 17.2 Å². The molecule has 2 heterocycles. The molecule has 30 heavy (non-hydrogen) atoms. The molecule has 1 amide bonds. The quantitative estimate of drug-likeness (QED) is 0.651. The molecule has 0 radical (unpaired) electrons. The summed E-state index contributed by atoms with van der Waals surface area (Å²) in [6.45, 7) is 6.50. The van der Waals surface area contributed by atoms with Crippen LogP contribution in [0.5, 0.6) is 5.75 Å². The van der Waals surface area contributed by atoms with Crippen LogP contribution in [0, 0.1) is 6.92 Å². The average molecular weight is 404 g/mol. The van der Waals surface area contributed by atoms with Gasteiger partial charge in [-0.2, -0.15) is 4.68 Å². The molecule has 4 rings (SSSR count). The third-order valence-corrected chi connectivity index (χ3v) is 5.00. The van der Waals surface area contributed by atoms with E-state index in [0.29, 0.717) is 23.8 Å². The highest BCUT2D eigenvalue weighted by molar-refractivity contribution is 6.06. The Bertz CT molecular complexity index is 1100. The van der Waals surface area contributed by atoms with Crippen molar-refractivity contribution in [3.8, 4) is 5.75 Å². The molecule has 2 N–H and O–H groups in total. The van der Waals surface area contributed by atoms with E-state index in [-0.39, 0.29) is 5.91 Å². The van der Waals surface area contributed by atoms with Crippen LogP contribution in [0.2, 0.25) is 0 Å². The van der Waals surface area contributed by atoms with Crippen molar-refractivity contribution in [1.29, 1.82) is 0 Å². The van der Waals surface area contributed by atoms with Crippen LogP contribution in [-0.4, -0.2) is 32.7 Å². The van der Waals surface area contributed by atoms with E-state index in [1.807, 2.05) is 62.4 Å². The maximum absolute atomic E-state index is 13.4. The molecule has 0 spiro atoms. The molecule has 0 bridgehead atoms. The van der Waals surface area contributed by atoms with Crippen molar-refractivity contribution >= 4 is 17.5 Å². The summed E-state index contributed by atoms with van der Waals surface area (Å²) in [5.74, 6) is 1.03. The second-order valence-corrected chi connectivity index (χ2v) is 7.20. The Morgan fingerprint density at radius 1 is 1.20 bits per heavy atom. The number of hydrogen-bond acceptors (Lipinski definition) is 6. The molecule has 0 aliphatic carbocycles. The molecule has 1 atom stereocenters. The average Bonchev–Trinajstić information content (AvgIpc) is 3.21. The summed E-state index contributed by atoms with van der Waals surface area (Å²) in [6, 6.07) is 14.9. The number of benzene rings is 2. The van der Waals surface area contributed by atoms with Crippen LogP contribution in [0.3, 0.4) is 0 Å². The Balaban J connectivity index is 1.74. The summed E-state index contributed by atoms with van der Waals surface area (Å²) >= 11 is 0. The first-order chi connectivity index (χ1) is 14.6. The number of para-hydroxylation sites is 1. The lowest BCUT2D eigenvalue weighted by molar-refractivity contribution is -0.113. The number of ether oxygens (including phenoxy) is 1. The van der Waals surface area contributed by atoms with Gasteiger partial charge in [-0.1, -0.05) is 42.4 Å². The van der Waals surface area contributed by atoms with Crippen LogP contribution in [0.4, 0.5) is 11.6 Å². The minimum atomic E-state index is -0.481. The van der Waals surface area contributed by atoms with E-state index in [0.717, 1.165) is 29.0 Å². The zero-order chi connectivity index (χ0) is 21.1. The molecule has 8 nitrogen and oxygen atoms in total. The Kier molecular flexibility index (Phi) is 5.47. The van der Waals surface area contributed by atoms with E-state index >= 15 is 0 Å². The number of carbonyl (C=O) groups is 1. The van der Waals surface area contributed by atoms with Gasteiger partial charge in [-0.05, 0) is 60.0 Å². The number of nitrogens with zero attached hydrogens (tertiary/aromatic N) is 4. The lowest BCUT2D eigenvalue weighted by Crippen LogP contribution is -2.31. The summed E-state index contributed by atoms with van der Waals surface area (Å²) in [7, 11) is 0. The fourth-order valence-corrected chi connectivity index (χ4v) is 3.51. The Hall–Kier alpha value is -3.68. The highest BCUT2D eigenvalue weighted by Gasteiger charge is 2.34. The number of allylic oxidation sites excluding steroid dienone is 1. The van der Waals surface area contributed by atoms with Gasteiger partial charge in [0.05, 0.1) is 12.2 Å². The van der Waals surface area contributed by atoms with E-state index in [2.05, 4.69) is 33.1 Å². The number of aryl methyl sites for hydroxylation is 1. The van der Waals surface area contributed by atoms with Crippen LogP contribution in [0.15, 0.2) is 59.8 Å². The van der Waals surface area contributed by atoms with Crippen molar-refractivity contribution < 1.29 is 9.53 Å². The van der Waals surface area contributed by atoms with Crippen molar-refractivity contribution in [2.45, 2.75) is 33.2 Å². The highest BCUT2D eigenvalue weighted by atomic mass is 16.5.